The number of hydrogen-bond donors (Lipinski definition) is 2. The van der Waals surface area contributed by atoms with E-state index in [0.717, 1.165) is 31.4 Å². The average molecular weight is 463 g/mol. The summed E-state index contributed by atoms with van der Waals surface area (Å²) >= 11 is 0. The smallest absolute Gasteiger partial charge is 0.223 e. The third-order valence-corrected chi connectivity index (χ3v) is 10.9. The van der Waals surface area contributed by atoms with Crippen LogP contribution in [0.2, 0.25) is 0 Å². The van der Waals surface area contributed by atoms with Gasteiger partial charge in [-0.2, -0.15) is 0 Å². The van der Waals surface area contributed by atoms with Crippen molar-refractivity contribution in [3.8, 4) is 0 Å². The van der Waals surface area contributed by atoms with E-state index in [1.165, 1.54) is 0 Å². The van der Waals surface area contributed by atoms with Gasteiger partial charge in [-0.25, -0.2) is 0 Å². The highest BCUT2D eigenvalue weighted by Gasteiger charge is 2.72. The van der Waals surface area contributed by atoms with Crippen molar-refractivity contribution in [1.29, 1.82) is 0 Å². The van der Waals surface area contributed by atoms with Crippen LogP contribution < -0.4 is 5.32 Å². The second kappa shape index (κ2) is 7.66. The molecule has 5 rings (SSSR count). The number of rotatable bonds is 2. The Morgan fingerprint density at radius 3 is 2.55 bits per heavy atom. The third-order valence-electron chi connectivity index (χ3n) is 10.9. The number of aliphatic hydroxyl groups is 1. The van der Waals surface area contributed by atoms with Gasteiger partial charge >= 0.3 is 0 Å². The van der Waals surface area contributed by atoms with Crippen LogP contribution in [0.1, 0.15) is 66.7 Å². The first-order valence-corrected chi connectivity index (χ1v) is 12.8. The fourth-order valence-electron chi connectivity index (χ4n) is 9.00. The lowest BCUT2D eigenvalue weighted by Gasteiger charge is -2.70. The van der Waals surface area contributed by atoms with E-state index in [-0.39, 0.29) is 58.7 Å². The first-order chi connectivity index (χ1) is 15.5. The Labute approximate surface area is 198 Å². The van der Waals surface area contributed by atoms with Gasteiger partial charge in [0.05, 0.1) is 23.5 Å². The van der Waals surface area contributed by atoms with Gasteiger partial charge in [-0.15, -0.1) is 0 Å². The van der Waals surface area contributed by atoms with E-state index in [9.17, 15) is 9.90 Å². The number of carbonyl (C=O) groups is 1. The molecule has 11 atom stereocenters. The summed E-state index contributed by atoms with van der Waals surface area (Å²) in [5, 5.41) is 18.8. The minimum Gasteiger partial charge on any atom is -0.399 e. The van der Waals surface area contributed by atoms with Crippen molar-refractivity contribution in [3.63, 3.8) is 0 Å². The monoisotopic (exact) mass is 462 g/mol. The van der Waals surface area contributed by atoms with Crippen LogP contribution in [0.4, 0.5) is 0 Å². The number of methoxy groups -OCH3 is 1. The molecule has 0 aromatic carbocycles. The predicted octanol–water partition coefficient (Wildman–Crippen LogP) is 3.15. The molecule has 5 fully saturated rings. The highest BCUT2D eigenvalue weighted by atomic mass is 16.6. The van der Waals surface area contributed by atoms with Crippen molar-refractivity contribution in [2.45, 2.75) is 96.7 Å². The lowest BCUT2D eigenvalue weighted by molar-refractivity contribution is -0.325. The van der Waals surface area contributed by atoms with E-state index in [1.54, 1.807) is 14.2 Å². The number of ether oxygens (including phenoxy) is 2. The number of oxime groups is 1. The summed E-state index contributed by atoms with van der Waals surface area (Å²) in [4.78, 5) is 18.0. The summed E-state index contributed by atoms with van der Waals surface area (Å²) in [6.07, 6.45) is 3.55. The van der Waals surface area contributed by atoms with Gasteiger partial charge in [-0.05, 0) is 44.4 Å². The van der Waals surface area contributed by atoms with Crippen molar-refractivity contribution in [2.75, 3.05) is 14.2 Å². The molecule has 0 bridgehead atoms. The van der Waals surface area contributed by atoms with Gasteiger partial charge in [0.25, 0.3) is 0 Å². The van der Waals surface area contributed by atoms with E-state index in [1.807, 2.05) is 0 Å². The lowest BCUT2D eigenvalue weighted by Crippen LogP contribution is -2.74. The predicted molar refractivity (Wildman–Crippen MR) is 125 cm³/mol. The van der Waals surface area contributed by atoms with Crippen molar-refractivity contribution in [3.05, 3.63) is 0 Å². The van der Waals surface area contributed by atoms with Gasteiger partial charge in [0, 0.05) is 48.2 Å². The van der Waals surface area contributed by atoms with E-state index in [2.05, 4.69) is 45.1 Å². The van der Waals surface area contributed by atoms with Crippen molar-refractivity contribution in [1.82, 2.24) is 5.32 Å². The molecule has 1 amide bonds. The van der Waals surface area contributed by atoms with Gasteiger partial charge in [0.15, 0.2) is 0 Å². The van der Waals surface area contributed by atoms with Crippen LogP contribution in [0, 0.1) is 40.4 Å². The van der Waals surface area contributed by atoms with Crippen LogP contribution in [-0.2, 0) is 19.1 Å². The summed E-state index contributed by atoms with van der Waals surface area (Å²) in [6.45, 7) is 11.4. The summed E-state index contributed by atoms with van der Waals surface area (Å²) < 4.78 is 13.5. The number of carbonyl (C=O) groups excluding carboxylic acids is 1. The first kappa shape index (κ1) is 23.6. The molecule has 33 heavy (non-hydrogen) atoms. The number of nitrogens with zero attached hydrogens (tertiary/aromatic N) is 1. The number of hydrogen-bond acceptors (Lipinski definition) is 6. The molecular formula is C26H42N2O5. The van der Waals surface area contributed by atoms with Crippen LogP contribution in [0.25, 0.3) is 0 Å². The molecule has 7 nitrogen and oxygen atoms in total. The van der Waals surface area contributed by atoms with Crippen molar-refractivity contribution in [2.24, 2.45) is 45.6 Å². The molecule has 2 aliphatic heterocycles. The van der Waals surface area contributed by atoms with Crippen LogP contribution in [0.15, 0.2) is 5.16 Å². The summed E-state index contributed by atoms with van der Waals surface area (Å²) in [6, 6.07) is 0.0585. The van der Waals surface area contributed by atoms with Crippen LogP contribution in [0.3, 0.4) is 0 Å². The van der Waals surface area contributed by atoms with Gasteiger partial charge in [0.1, 0.15) is 13.2 Å². The zero-order valence-electron chi connectivity index (χ0n) is 21.3. The van der Waals surface area contributed by atoms with Gasteiger partial charge in [-0.1, -0.05) is 32.9 Å². The standard InChI is InChI=1S/C26H42N2O5/c1-13-8-9-19-24(3,4)22(28-32-7)18(31-6)12-26(19)25(13,5)11-16-17(29)10-15-20(21(16)33-26)14(2)27-23(15)30/h13-21,29H,8-12H2,1-7H3,(H,27,30). The highest BCUT2D eigenvalue weighted by Crippen LogP contribution is 2.68. The van der Waals surface area contributed by atoms with Gasteiger partial charge in [0.2, 0.25) is 5.91 Å². The summed E-state index contributed by atoms with van der Waals surface area (Å²) in [5.74, 6) is 0.773. The van der Waals surface area contributed by atoms with E-state index < -0.39 is 11.7 Å². The molecule has 7 heteroatoms. The Balaban J connectivity index is 1.64. The third kappa shape index (κ3) is 2.97. The molecule has 1 spiro atoms. The van der Waals surface area contributed by atoms with E-state index in [0.29, 0.717) is 12.3 Å². The number of nitrogens with one attached hydrogen (secondary N) is 1. The molecular weight excluding hydrogens is 420 g/mol. The second-order valence-corrected chi connectivity index (χ2v) is 12.4. The van der Waals surface area contributed by atoms with Crippen LogP contribution in [-0.4, -0.2) is 60.9 Å². The van der Waals surface area contributed by atoms with E-state index in [4.69, 9.17) is 14.3 Å². The lowest BCUT2D eigenvalue weighted by atomic mass is 9.42. The first-order valence-electron chi connectivity index (χ1n) is 12.8. The maximum Gasteiger partial charge on any atom is 0.223 e. The fraction of sp³-hybridized carbons (Fsp3) is 0.923. The topological polar surface area (TPSA) is 89.4 Å². The molecule has 2 heterocycles. The molecule has 3 saturated carbocycles. The Morgan fingerprint density at radius 2 is 1.88 bits per heavy atom. The molecule has 186 valence electrons. The van der Waals surface area contributed by atoms with E-state index >= 15 is 0 Å². The Kier molecular flexibility index (Phi) is 5.47. The van der Waals surface area contributed by atoms with Gasteiger partial charge in [-0.3, -0.25) is 4.79 Å². The zero-order chi connectivity index (χ0) is 23.9. The van der Waals surface area contributed by atoms with Crippen LogP contribution >= 0.6 is 0 Å². The molecule has 0 radical (unpaired) electrons. The van der Waals surface area contributed by atoms with Crippen LogP contribution in [0.5, 0.6) is 0 Å². The Hall–Kier alpha value is -1.18. The molecule has 0 aromatic rings. The molecule has 2 saturated heterocycles. The van der Waals surface area contributed by atoms with Gasteiger partial charge < -0.3 is 24.7 Å². The zero-order valence-corrected chi connectivity index (χ0v) is 21.3. The second-order valence-electron chi connectivity index (χ2n) is 12.4. The number of amides is 1. The maximum absolute atomic E-state index is 12.7. The number of fused-ring (bicyclic) bond motifs is 3. The summed E-state index contributed by atoms with van der Waals surface area (Å²) in [5.41, 5.74) is 0.191. The molecule has 0 aromatic heterocycles. The highest BCUT2D eigenvalue weighted by molar-refractivity contribution is 5.94. The number of aliphatic hydroxyl groups excluding tert-OH is 1. The minimum absolute atomic E-state index is 0.0522. The average Bonchev–Trinajstić information content (AvgIpc) is 3.03. The normalized spacial score (nSPS) is 54.0. The minimum atomic E-state index is -0.505. The Morgan fingerprint density at radius 1 is 1.15 bits per heavy atom. The SMILES string of the molecule is CON=C1C(OC)CC23OC4C(CC2(C)C(C)CCC3C1(C)C)C(O)CC1C(=O)NC(C)C14. The quantitative estimate of drug-likeness (QED) is 0.616. The molecule has 11 unspecified atom stereocenters. The molecule has 2 N–H and O–H groups in total. The summed E-state index contributed by atoms with van der Waals surface area (Å²) in [7, 11) is 3.35. The molecule has 3 aliphatic carbocycles. The van der Waals surface area contributed by atoms with Crippen molar-refractivity contribution < 1.29 is 24.2 Å². The molecule has 5 aliphatic rings. The largest absolute Gasteiger partial charge is 0.399 e. The van der Waals surface area contributed by atoms with Crippen molar-refractivity contribution >= 4 is 11.6 Å². The fourth-order valence-corrected chi connectivity index (χ4v) is 9.00. The maximum atomic E-state index is 12.7. The Bertz CT molecular complexity index is 845.